The van der Waals surface area contributed by atoms with Crippen LogP contribution in [0.4, 0.5) is 0 Å². The molecular weight excluding hydrogens is 262 g/mol. The van der Waals surface area contributed by atoms with E-state index in [1.54, 1.807) is 0 Å². The Labute approximate surface area is 122 Å². The monoisotopic (exact) mass is 277 g/mol. The van der Waals surface area contributed by atoms with Crippen LogP contribution in [-0.4, -0.2) is 15.2 Å². The summed E-state index contributed by atoms with van der Waals surface area (Å²) in [5.41, 5.74) is 3.20. The molecule has 2 N–H and O–H groups in total. The maximum Gasteiger partial charge on any atom is 0.0905 e. The van der Waals surface area contributed by atoms with Crippen molar-refractivity contribution in [1.82, 2.24) is 4.98 Å². The van der Waals surface area contributed by atoms with Crippen molar-refractivity contribution in [2.75, 3.05) is 0 Å². The first kappa shape index (κ1) is 12.5. The Balaban J connectivity index is 1.82. The summed E-state index contributed by atoms with van der Waals surface area (Å²) in [6.45, 7) is 0. The van der Waals surface area contributed by atoms with Crippen molar-refractivity contribution in [2.24, 2.45) is 0 Å². The number of para-hydroxylation sites is 1. The smallest absolute Gasteiger partial charge is 0.0905 e. The second-order valence-corrected chi connectivity index (χ2v) is 5.47. The molecule has 1 aliphatic rings. The van der Waals surface area contributed by atoms with Gasteiger partial charge in [0.15, 0.2) is 0 Å². The molecule has 0 aliphatic heterocycles. The lowest BCUT2D eigenvalue weighted by molar-refractivity contribution is 0.0753. The third-order valence-electron chi connectivity index (χ3n) is 4.28. The predicted octanol–water partition coefficient (Wildman–Crippen LogP) is 3.10. The van der Waals surface area contributed by atoms with Crippen LogP contribution in [0.15, 0.2) is 60.7 Å². The van der Waals surface area contributed by atoms with Gasteiger partial charge in [-0.1, -0.05) is 48.5 Å². The van der Waals surface area contributed by atoms with Gasteiger partial charge in [0.05, 0.1) is 29.3 Å². The molecule has 3 heteroatoms. The van der Waals surface area contributed by atoms with Crippen LogP contribution in [0.25, 0.3) is 10.9 Å². The highest BCUT2D eigenvalue weighted by molar-refractivity contribution is 5.78. The molecule has 104 valence electrons. The summed E-state index contributed by atoms with van der Waals surface area (Å²) in [4.78, 5) is 4.62. The van der Waals surface area contributed by atoms with Crippen LogP contribution in [0.2, 0.25) is 0 Å². The van der Waals surface area contributed by atoms with Crippen LogP contribution in [0.1, 0.15) is 34.9 Å². The molecule has 3 aromatic rings. The fraction of sp³-hybridized carbons (Fsp3) is 0.167. The highest BCUT2D eigenvalue weighted by Gasteiger charge is 2.40. The summed E-state index contributed by atoms with van der Waals surface area (Å²) >= 11 is 0. The molecule has 0 radical (unpaired) electrons. The third-order valence-corrected chi connectivity index (χ3v) is 4.28. The van der Waals surface area contributed by atoms with Crippen LogP contribution in [-0.2, 0) is 0 Å². The summed E-state index contributed by atoms with van der Waals surface area (Å²) < 4.78 is 0. The van der Waals surface area contributed by atoms with Crippen molar-refractivity contribution < 1.29 is 10.2 Å². The molecule has 0 saturated carbocycles. The van der Waals surface area contributed by atoms with Gasteiger partial charge in [-0.3, -0.25) is 4.98 Å². The Morgan fingerprint density at radius 2 is 1.33 bits per heavy atom. The van der Waals surface area contributed by atoms with Gasteiger partial charge in [0.25, 0.3) is 0 Å². The van der Waals surface area contributed by atoms with Crippen molar-refractivity contribution in [1.29, 1.82) is 0 Å². The second-order valence-electron chi connectivity index (χ2n) is 5.47. The van der Waals surface area contributed by atoms with E-state index in [0.29, 0.717) is 0 Å². The quantitative estimate of drug-likeness (QED) is 0.718. The summed E-state index contributed by atoms with van der Waals surface area (Å²) in [6, 6.07) is 19.2. The van der Waals surface area contributed by atoms with Gasteiger partial charge in [-0.2, -0.15) is 0 Å². The summed E-state index contributed by atoms with van der Waals surface area (Å²) in [6.07, 6.45) is -1.44. The molecule has 1 heterocycles. The average molecular weight is 277 g/mol. The van der Waals surface area contributed by atoms with Gasteiger partial charge in [-0.15, -0.1) is 0 Å². The standard InChI is InChI=1S/C18H15NO2/c20-17-12-6-2-3-7-13(12)18(21)16(17)15-10-9-11-5-1-4-8-14(11)19-15/h1-10,16-18,20-21H. The van der Waals surface area contributed by atoms with Gasteiger partial charge in [0.2, 0.25) is 0 Å². The fourth-order valence-electron chi connectivity index (χ4n) is 3.20. The van der Waals surface area contributed by atoms with E-state index in [0.717, 1.165) is 27.7 Å². The van der Waals surface area contributed by atoms with Gasteiger partial charge in [0, 0.05) is 5.39 Å². The van der Waals surface area contributed by atoms with Crippen molar-refractivity contribution in [3.05, 3.63) is 77.5 Å². The second kappa shape index (κ2) is 4.65. The number of fused-ring (bicyclic) bond motifs is 2. The minimum absolute atomic E-state index is 0.410. The van der Waals surface area contributed by atoms with E-state index in [-0.39, 0.29) is 0 Å². The Kier molecular flexibility index (Phi) is 2.77. The zero-order valence-electron chi connectivity index (χ0n) is 11.3. The first-order valence-corrected chi connectivity index (χ1v) is 7.06. The SMILES string of the molecule is OC1c2ccccc2C(O)C1c1ccc2ccccc2n1. The number of nitrogens with zero attached hydrogens (tertiary/aromatic N) is 1. The van der Waals surface area contributed by atoms with E-state index < -0.39 is 18.1 Å². The maximum atomic E-state index is 10.5. The maximum absolute atomic E-state index is 10.5. The lowest BCUT2D eigenvalue weighted by Gasteiger charge is -2.18. The minimum atomic E-state index is -0.718. The van der Waals surface area contributed by atoms with Crippen LogP contribution in [0.3, 0.4) is 0 Å². The Morgan fingerprint density at radius 1 is 0.714 bits per heavy atom. The molecular formula is C18H15NO2. The van der Waals surface area contributed by atoms with Gasteiger partial charge in [-0.05, 0) is 23.3 Å². The molecule has 0 spiro atoms. The molecule has 0 bridgehead atoms. The first-order valence-electron chi connectivity index (χ1n) is 7.06. The Hall–Kier alpha value is -2.23. The van der Waals surface area contributed by atoms with Gasteiger partial charge in [0.1, 0.15) is 0 Å². The minimum Gasteiger partial charge on any atom is -0.388 e. The number of pyridine rings is 1. The highest BCUT2D eigenvalue weighted by atomic mass is 16.3. The van der Waals surface area contributed by atoms with Crippen LogP contribution >= 0.6 is 0 Å². The van der Waals surface area contributed by atoms with Crippen molar-refractivity contribution >= 4 is 10.9 Å². The number of benzene rings is 2. The van der Waals surface area contributed by atoms with E-state index in [1.165, 1.54) is 0 Å². The highest BCUT2D eigenvalue weighted by Crippen LogP contribution is 2.48. The molecule has 0 saturated heterocycles. The molecule has 3 nitrogen and oxygen atoms in total. The average Bonchev–Trinajstić information content (AvgIpc) is 2.79. The van der Waals surface area contributed by atoms with E-state index in [9.17, 15) is 10.2 Å². The van der Waals surface area contributed by atoms with E-state index in [4.69, 9.17) is 0 Å². The lowest BCUT2D eigenvalue weighted by Crippen LogP contribution is -2.11. The number of rotatable bonds is 1. The Bertz CT molecular complexity index is 786. The number of hydrogen-bond donors (Lipinski definition) is 2. The van der Waals surface area contributed by atoms with Crippen molar-refractivity contribution in [2.45, 2.75) is 18.1 Å². The normalized spacial score (nSPS) is 24.2. The molecule has 2 aromatic carbocycles. The number of aliphatic hydroxyl groups is 2. The molecule has 0 amide bonds. The molecule has 4 rings (SSSR count). The topological polar surface area (TPSA) is 53.4 Å². The van der Waals surface area contributed by atoms with Crippen LogP contribution in [0, 0.1) is 0 Å². The first-order chi connectivity index (χ1) is 10.3. The van der Waals surface area contributed by atoms with Crippen molar-refractivity contribution in [3.63, 3.8) is 0 Å². The molecule has 21 heavy (non-hydrogen) atoms. The number of aliphatic hydroxyl groups excluding tert-OH is 2. The fourth-order valence-corrected chi connectivity index (χ4v) is 3.20. The molecule has 2 atom stereocenters. The van der Waals surface area contributed by atoms with Crippen LogP contribution < -0.4 is 0 Å². The predicted molar refractivity (Wildman–Crippen MR) is 80.8 cm³/mol. The van der Waals surface area contributed by atoms with E-state index >= 15 is 0 Å². The van der Waals surface area contributed by atoms with Crippen molar-refractivity contribution in [3.8, 4) is 0 Å². The van der Waals surface area contributed by atoms with Gasteiger partial charge in [-0.25, -0.2) is 0 Å². The zero-order valence-corrected chi connectivity index (χ0v) is 11.3. The number of aromatic nitrogens is 1. The molecule has 1 aromatic heterocycles. The van der Waals surface area contributed by atoms with E-state index in [2.05, 4.69) is 4.98 Å². The summed E-state index contributed by atoms with van der Waals surface area (Å²) in [7, 11) is 0. The van der Waals surface area contributed by atoms with E-state index in [1.807, 2.05) is 60.7 Å². The zero-order chi connectivity index (χ0) is 14.4. The molecule has 0 fully saturated rings. The van der Waals surface area contributed by atoms with Crippen LogP contribution in [0.5, 0.6) is 0 Å². The summed E-state index contributed by atoms with van der Waals surface area (Å²) in [5.74, 6) is -0.410. The van der Waals surface area contributed by atoms with Gasteiger partial charge >= 0.3 is 0 Å². The molecule has 1 aliphatic carbocycles. The largest absolute Gasteiger partial charge is 0.388 e. The molecule has 2 unspecified atom stereocenters. The Morgan fingerprint density at radius 3 is 2.05 bits per heavy atom. The summed E-state index contributed by atoms with van der Waals surface area (Å²) in [5, 5.41) is 22.1. The number of hydrogen-bond acceptors (Lipinski definition) is 3. The van der Waals surface area contributed by atoms with Gasteiger partial charge < -0.3 is 10.2 Å². The lowest BCUT2D eigenvalue weighted by atomic mass is 9.96. The third kappa shape index (κ3) is 1.86.